The third-order valence-electron chi connectivity index (χ3n) is 18.0. The molecule has 2 atom stereocenters. The van der Waals surface area contributed by atoms with Gasteiger partial charge >= 0.3 is 5.97 Å². The number of carbonyl (C=O) groups is 2. The lowest BCUT2D eigenvalue weighted by Crippen LogP contribution is -2.45. The van der Waals surface area contributed by atoms with E-state index in [9.17, 15) is 19.8 Å². The first-order valence-corrected chi connectivity index (χ1v) is 38.1. The largest absolute Gasteiger partial charge is 0.466 e. The number of aliphatic hydroxyl groups is 2. The first-order chi connectivity index (χ1) is 41.0. The molecule has 0 aromatic heterocycles. The van der Waals surface area contributed by atoms with Crippen LogP contribution in [-0.4, -0.2) is 47.4 Å². The predicted octanol–water partition coefficient (Wildman–Crippen LogP) is 24.9. The molecule has 0 saturated carbocycles. The predicted molar refractivity (Wildman–Crippen MR) is 366 cm³/mol. The Labute approximate surface area is 520 Å². The number of nitrogens with one attached hydrogen (secondary N) is 1. The van der Waals surface area contributed by atoms with Crippen molar-refractivity contribution in [2.24, 2.45) is 0 Å². The average Bonchev–Trinajstić information content (AvgIpc) is 3.49. The highest BCUT2D eigenvalue weighted by Crippen LogP contribution is 2.20. The van der Waals surface area contributed by atoms with Gasteiger partial charge in [0.15, 0.2) is 0 Å². The SMILES string of the molecule is CCCC/C=C\CCCCCCCC(=O)OCCCCCCCCCCCCCC/C=C\CCCCCCCCCCCCCCCCC(=O)NC(CO)C(O)CCCCCCCCCCCCCCCCCCCCCCCCCCC. The van der Waals surface area contributed by atoms with Crippen LogP contribution in [0.1, 0.15) is 431 Å². The Bertz CT molecular complexity index is 1300. The van der Waals surface area contributed by atoms with Crippen LogP contribution in [0.15, 0.2) is 24.3 Å². The minimum Gasteiger partial charge on any atom is -0.466 e. The van der Waals surface area contributed by atoms with E-state index in [4.69, 9.17) is 4.74 Å². The molecule has 0 aromatic carbocycles. The summed E-state index contributed by atoms with van der Waals surface area (Å²) in [5.41, 5.74) is 0. The molecule has 0 fully saturated rings. The van der Waals surface area contributed by atoms with E-state index >= 15 is 0 Å². The zero-order valence-corrected chi connectivity index (χ0v) is 56.5. The number of ether oxygens (including phenoxy) is 1. The van der Waals surface area contributed by atoms with Crippen LogP contribution in [0.4, 0.5) is 0 Å². The molecule has 6 heteroatoms. The number of hydrogen-bond donors (Lipinski definition) is 3. The molecule has 83 heavy (non-hydrogen) atoms. The Morgan fingerprint density at radius 1 is 0.325 bits per heavy atom. The molecular formula is C77H149NO5. The summed E-state index contributed by atoms with van der Waals surface area (Å²) in [7, 11) is 0. The van der Waals surface area contributed by atoms with Crippen LogP contribution in [0, 0.1) is 0 Å². The molecule has 0 radical (unpaired) electrons. The van der Waals surface area contributed by atoms with Gasteiger partial charge in [-0.05, 0) is 70.6 Å². The molecule has 0 aliphatic heterocycles. The van der Waals surface area contributed by atoms with Crippen LogP contribution in [0.25, 0.3) is 0 Å². The van der Waals surface area contributed by atoms with E-state index < -0.39 is 12.1 Å². The van der Waals surface area contributed by atoms with Crippen LogP contribution >= 0.6 is 0 Å². The van der Waals surface area contributed by atoms with Crippen LogP contribution < -0.4 is 5.32 Å². The summed E-state index contributed by atoms with van der Waals surface area (Å²) < 4.78 is 5.47. The fourth-order valence-corrected chi connectivity index (χ4v) is 12.2. The highest BCUT2D eigenvalue weighted by molar-refractivity contribution is 5.76. The maximum Gasteiger partial charge on any atom is 0.305 e. The number of unbranched alkanes of at least 4 members (excludes halogenated alkanes) is 57. The maximum absolute atomic E-state index is 12.6. The number of aliphatic hydroxyl groups excluding tert-OH is 2. The number of amides is 1. The Morgan fingerprint density at radius 3 is 0.892 bits per heavy atom. The summed E-state index contributed by atoms with van der Waals surface area (Å²) in [6.45, 7) is 4.96. The molecule has 492 valence electrons. The molecule has 0 bridgehead atoms. The van der Waals surface area contributed by atoms with Crippen molar-refractivity contribution in [2.75, 3.05) is 13.2 Å². The number of hydrogen-bond acceptors (Lipinski definition) is 5. The van der Waals surface area contributed by atoms with Crippen LogP contribution in [0.5, 0.6) is 0 Å². The fraction of sp³-hybridized carbons (Fsp3) is 0.922. The lowest BCUT2D eigenvalue weighted by Gasteiger charge is -2.22. The summed E-state index contributed by atoms with van der Waals surface area (Å²) in [5.74, 6) is -0.0211. The van der Waals surface area contributed by atoms with Crippen molar-refractivity contribution in [3.63, 3.8) is 0 Å². The number of esters is 1. The molecule has 0 aromatic rings. The topological polar surface area (TPSA) is 95.9 Å². The third-order valence-corrected chi connectivity index (χ3v) is 18.0. The molecule has 1 amide bonds. The molecule has 0 spiro atoms. The molecule has 2 unspecified atom stereocenters. The Morgan fingerprint density at radius 2 is 0.578 bits per heavy atom. The van der Waals surface area contributed by atoms with E-state index in [1.807, 2.05) is 0 Å². The van der Waals surface area contributed by atoms with Crippen molar-refractivity contribution in [2.45, 2.75) is 443 Å². The highest BCUT2D eigenvalue weighted by Gasteiger charge is 2.20. The van der Waals surface area contributed by atoms with E-state index in [0.717, 1.165) is 44.9 Å². The summed E-state index contributed by atoms with van der Waals surface area (Å²) in [4.78, 5) is 24.6. The fourth-order valence-electron chi connectivity index (χ4n) is 12.2. The highest BCUT2D eigenvalue weighted by atomic mass is 16.5. The molecule has 0 aliphatic rings. The first-order valence-electron chi connectivity index (χ1n) is 38.1. The second-order valence-corrected chi connectivity index (χ2v) is 26.3. The zero-order valence-electron chi connectivity index (χ0n) is 56.5. The van der Waals surface area contributed by atoms with Gasteiger partial charge in [0.05, 0.1) is 25.4 Å². The van der Waals surface area contributed by atoms with Gasteiger partial charge < -0.3 is 20.3 Å². The van der Waals surface area contributed by atoms with Crippen LogP contribution in [0.3, 0.4) is 0 Å². The van der Waals surface area contributed by atoms with Crippen molar-refractivity contribution < 1.29 is 24.5 Å². The molecule has 3 N–H and O–H groups in total. The Balaban J connectivity index is 3.37. The van der Waals surface area contributed by atoms with Gasteiger partial charge in [-0.25, -0.2) is 0 Å². The Hall–Kier alpha value is -1.66. The second-order valence-electron chi connectivity index (χ2n) is 26.3. The average molecular weight is 1170 g/mol. The van der Waals surface area contributed by atoms with Gasteiger partial charge in [0, 0.05) is 12.8 Å². The van der Waals surface area contributed by atoms with Crippen LogP contribution in [0.2, 0.25) is 0 Å². The quantitative estimate of drug-likeness (QED) is 0.0320. The van der Waals surface area contributed by atoms with Gasteiger partial charge in [0.2, 0.25) is 5.91 Å². The van der Waals surface area contributed by atoms with Crippen molar-refractivity contribution in [1.29, 1.82) is 0 Å². The normalized spacial score (nSPS) is 12.6. The van der Waals surface area contributed by atoms with E-state index in [1.54, 1.807) is 0 Å². The number of rotatable bonds is 72. The molecule has 0 aliphatic carbocycles. The minimum absolute atomic E-state index is 0.00679. The Kier molecular flexibility index (Phi) is 71.4. The first kappa shape index (κ1) is 81.3. The van der Waals surface area contributed by atoms with E-state index in [1.165, 1.54) is 353 Å². The van der Waals surface area contributed by atoms with Crippen molar-refractivity contribution in [1.82, 2.24) is 5.32 Å². The second kappa shape index (κ2) is 72.8. The van der Waals surface area contributed by atoms with Gasteiger partial charge in [0.1, 0.15) is 0 Å². The summed E-state index contributed by atoms with van der Waals surface area (Å²) in [6, 6.07) is -0.542. The van der Waals surface area contributed by atoms with E-state index in [2.05, 4.69) is 43.5 Å². The van der Waals surface area contributed by atoms with Crippen LogP contribution in [-0.2, 0) is 14.3 Å². The number of carbonyl (C=O) groups excluding carboxylic acids is 2. The molecule has 0 rings (SSSR count). The molecular weight excluding hydrogens is 1020 g/mol. The monoisotopic (exact) mass is 1170 g/mol. The van der Waals surface area contributed by atoms with Gasteiger partial charge in [-0.15, -0.1) is 0 Å². The minimum atomic E-state index is -0.665. The molecule has 0 saturated heterocycles. The summed E-state index contributed by atoms with van der Waals surface area (Å²) in [6.07, 6.45) is 92.6. The summed E-state index contributed by atoms with van der Waals surface area (Å²) in [5, 5.41) is 23.5. The van der Waals surface area contributed by atoms with Crippen molar-refractivity contribution in [3.05, 3.63) is 24.3 Å². The molecule has 0 heterocycles. The lowest BCUT2D eigenvalue weighted by atomic mass is 10.0. The summed E-state index contributed by atoms with van der Waals surface area (Å²) >= 11 is 0. The van der Waals surface area contributed by atoms with Gasteiger partial charge in [0.25, 0.3) is 0 Å². The zero-order chi connectivity index (χ0) is 59.9. The van der Waals surface area contributed by atoms with Gasteiger partial charge in [-0.3, -0.25) is 9.59 Å². The van der Waals surface area contributed by atoms with E-state index in [0.29, 0.717) is 25.9 Å². The molecule has 6 nitrogen and oxygen atoms in total. The van der Waals surface area contributed by atoms with E-state index in [-0.39, 0.29) is 18.5 Å². The number of allylic oxidation sites excluding steroid dienone is 4. The van der Waals surface area contributed by atoms with Gasteiger partial charge in [-0.2, -0.15) is 0 Å². The van der Waals surface area contributed by atoms with Crippen molar-refractivity contribution >= 4 is 11.9 Å². The third kappa shape index (κ3) is 69.3. The maximum atomic E-state index is 12.6. The lowest BCUT2D eigenvalue weighted by molar-refractivity contribution is -0.143. The van der Waals surface area contributed by atoms with Gasteiger partial charge in [-0.1, -0.05) is 372 Å². The van der Waals surface area contributed by atoms with Crippen molar-refractivity contribution in [3.8, 4) is 0 Å². The smallest absolute Gasteiger partial charge is 0.305 e. The standard InChI is InChI=1S/C77H149NO5/c1-3-5-7-9-11-13-15-16-17-18-19-20-21-28-31-34-37-40-43-46-50-53-57-61-65-69-75(80)74(73-79)78-76(81)70-66-62-58-54-51-47-44-41-38-35-32-29-26-24-22-23-25-27-30-33-36-39-42-45-48-52-56-60-64-68-72-83-77(82)71-67-63-59-55-49-14-12-10-8-6-4-2/h10,12,23,25,74-75,79-80H,3-9,11,13-22,24,26-73H2,1-2H3,(H,78,81)/b12-10-,25-23-.